The predicted octanol–water partition coefficient (Wildman–Crippen LogP) is 20.0. The zero-order valence-electron chi connectivity index (χ0n) is 44.2. The van der Waals surface area contributed by atoms with Crippen LogP contribution in [0.1, 0.15) is 99.9 Å². The van der Waals surface area contributed by atoms with Gasteiger partial charge in [0.05, 0.1) is 0 Å². The van der Waals surface area contributed by atoms with Crippen molar-refractivity contribution in [2.75, 3.05) is 4.90 Å². The Labute approximate surface area is 441 Å². The summed E-state index contributed by atoms with van der Waals surface area (Å²) in [6, 6.07) is 81.4. The molecule has 4 aliphatic carbocycles. The van der Waals surface area contributed by atoms with Crippen LogP contribution in [0.25, 0.3) is 88.3 Å². The molecule has 0 spiro atoms. The van der Waals surface area contributed by atoms with Crippen LogP contribution in [0.5, 0.6) is 0 Å². The average Bonchev–Trinajstić information content (AvgIpc) is 4.09. The maximum atomic E-state index is 2.55. The molecule has 11 aromatic carbocycles. The van der Waals surface area contributed by atoms with Crippen molar-refractivity contribution in [3.8, 4) is 66.8 Å². The van der Waals surface area contributed by atoms with Crippen molar-refractivity contribution in [1.82, 2.24) is 0 Å². The van der Waals surface area contributed by atoms with Crippen molar-refractivity contribution in [2.24, 2.45) is 0 Å². The lowest BCUT2D eigenvalue weighted by molar-refractivity contribution is 0.652. The molecular weight excluding hydrogens is 903 g/mol. The first-order chi connectivity index (χ1) is 36.2. The minimum absolute atomic E-state index is 0.0669. The zero-order chi connectivity index (χ0) is 50.9. The van der Waals surface area contributed by atoms with Gasteiger partial charge in [-0.3, -0.25) is 0 Å². The second-order valence-corrected chi connectivity index (χ2v) is 24.2. The molecule has 0 amide bonds. The van der Waals surface area contributed by atoms with Gasteiger partial charge in [-0.2, -0.15) is 0 Å². The molecule has 0 unspecified atom stereocenters. The van der Waals surface area contributed by atoms with Crippen LogP contribution >= 0.6 is 0 Å². The molecule has 4 aliphatic rings. The van der Waals surface area contributed by atoms with Gasteiger partial charge in [-0.1, -0.05) is 195 Å². The van der Waals surface area contributed by atoms with E-state index in [2.05, 4.69) is 273 Å². The Balaban J connectivity index is 0.865. The Morgan fingerprint density at radius 3 is 0.947 bits per heavy atom. The first kappa shape index (κ1) is 44.2. The van der Waals surface area contributed by atoms with Gasteiger partial charge < -0.3 is 4.90 Å². The normalized spacial score (nSPS) is 15.9. The maximum Gasteiger partial charge on any atom is 0.0465 e. The van der Waals surface area contributed by atoms with Crippen molar-refractivity contribution >= 4 is 38.6 Å². The van der Waals surface area contributed by atoms with Crippen molar-refractivity contribution < 1.29 is 0 Å². The van der Waals surface area contributed by atoms with Gasteiger partial charge in [0, 0.05) is 38.7 Å². The maximum absolute atomic E-state index is 2.55. The number of benzene rings is 11. The molecule has 0 saturated heterocycles. The summed E-state index contributed by atoms with van der Waals surface area (Å²) in [5.74, 6) is 0. The highest BCUT2D eigenvalue weighted by Crippen LogP contribution is 2.59. The number of hydrogen-bond donors (Lipinski definition) is 0. The summed E-state index contributed by atoms with van der Waals surface area (Å²) in [6.07, 6.45) is 0. The summed E-state index contributed by atoms with van der Waals surface area (Å²) < 4.78 is 0. The molecule has 0 bridgehead atoms. The van der Waals surface area contributed by atoms with Crippen LogP contribution in [0.4, 0.5) is 17.1 Å². The zero-order valence-corrected chi connectivity index (χ0v) is 44.2. The van der Waals surface area contributed by atoms with E-state index in [-0.39, 0.29) is 21.7 Å². The van der Waals surface area contributed by atoms with Gasteiger partial charge in [0.1, 0.15) is 0 Å². The summed E-state index contributed by atoms with van der Waals surface area (Å²) in [5.41, 5.74) is 29.7. The van der Waals surface area contributed by atoms with Crippen LogP contribution in [0.15, 0.2) is 212 Å². The highest BCUT2D eigenvalue weighted by atomic mass is 15.1. The highest BCUT2D eigenvalue weighted by molar-refractivity contribution is 5.95. The van der Waals surface area contributed by atoms with Crippen LogP contribution in [-0.2, 0) is 21.7 Å². The van der Waals surface area contributed by atoms with Crippen molar-refractivity contribution in [3.63, 3.8) is 0 Å². The molecule has 11 aromatic rings. The van der Waals surface area contributed by atoms with Crippen LogP contribution in [0.2, 0.25) is 0 Å². The number of rotatable bonds is 5. The summed E-state index contributed by atoms with van der Waals surface area (Å²) >= 11 is 0. The Kier molecular flexibility index (Phi) is 8.95. The molecule has 75 heavy (non-hydrogen) atoms. The van der Waals surface area contributed by atoms with Crippen LogP contribution in [0.3, 0.4) is 0 Å². The summed E-state index contributed by atoms with van der Waals surface area (Å²) in [5, 5.41) is 5.07. The highest BCUT2D eigenvalue weighted by Gasteiger charge is 2.43. The van der Waals surface area contributed by atoms with Gasteiger partial charge in [0.25, 0.3) is 0 Å². The molecule has 1 heteroatoms. The van der Waals surface area contributed by atoms with E-state index in [1.807, 2.05) is 0 Å². The minimum Gasteiger partial charge on any atom is -0.310 e. The first-order valence-corrected chi connectivity index (χ1v) is 27.0. The van der Waals surface area contributed by atoms with Gasteiger partial charge in [-0.05, 0) is 206 Å². The lowest BCUT2D eigenvalue weighted by atomic mass is 9.79. The number of nitrogens with zero attached hydrogens (tertiary/aromatic N) is 1. The fourth-order valence-corrected chi connectivity index (χ4v) is 14.3. The molecule has 0 heterocycles. The van der Waals surface area contributed by atoms with E-state index in [1.165, 1.54) is 150 Å². The lowest BCUT2D eigenvalue weighted by Gasteiger charge is -2.31. The Hall–Kier alpha value is -8.26. The molecule has 0 atom stereocenters. The third kappa shape index (κ3) is 6.19. The van der Waals surface area contributed by atoms with E-state index in [1.54, 1.807) is 0 Å². The van der Waals surface area contributed by atoms with E-state index >= 15 is 0 Å². The monoisotopic (exact) mass is 961 g/mol. The summed E-state index contributed by atoms with van der Waals surface area (Å²) in [7, 11) is 0. The predicted molar refractivity (Wildman–Crippen MR) is 317 cm³/mol. The van der Waals surface area contributed by atoms with Gasteiger partial charge >= 0.3 is 0 Å². The molecule has 0 aliphatic heterocycles. The van der Waals surface area contributed by atoms with E-state index in [0.29, 0.717) is 0 Å². The first-order valence-electron chi connectivity index (χ1n) is 27.0. The van der Waals surface area contributed by atoms with Crippen LogP contribution in [-0.4, -0.2) is 0 Å². The minimum atomic E-state index is -0.224. The molecule has 0 saturated carbocycles. The Bertz CT molecular complexity index is 4120. The Morgan fingerprint density at radius 2 is 0.507 bits per heavy atom. The summed E-state index contributed by atoms with van der Waals surface area (Å²) in [6.45, 7) is 19.3. The molecule has 1 nitrogen and oxygen atoms in total. The quantitative estimate of drug-likeness (QED) is 0.166. The third-order valence-corrected chi connectivity index (χ3v) is 18.6. The van der Waals surface area contributed by atoms with Gasteiger partial charge in [-0.15, -0.1) is 0 Å². The molecule has 0 fully saturated rings. The van der Waals surface area contributed by atoms with Gasteiger partial charge in [-0.25, -0.2) is 0 Å². The van der Waals surface area contributed by atoms with E-state index in [4.69, 9.17) is 0 Å². The van der Waals surface area contributed by atoms with Crippen molar-refractivity contribution in [1.29, 1.82) is 0 Å². The number of hydrogen-bond acceptors (Lipinski definition) is 1. The van der Waals surface area contributed by atoms with Crippen molar-refractivity contribution in [2.45, 2.75) is 77.0 Å². The molecule has 0 N–H and O–H groups in total. The third-order valence-electron chi connectivity index (χ3n) is 18.6. The van der Waals surface area contributed by atoms with Gasteiger partial charge in [0.15, 0.2) is 0 Å². The molecule has 360 valence electrons. The average molecular weight is 962 g/mol. The lowest BCUT2D eigenvalue weighted by Crippen LogP contribution is -2.19. The van der Waals surface area contributed by atoms with E-state index < -0.39 is 0 Å². The Morgan fingerprint density at radius 1 is 0.213 bits per heavy atom. The van der Waals surface area contributed by atoms with E-state index in [9.17, 15) is 0 Å². The second kappa shape index (κ2) is 15.2. The second-order valence-electron chi connectivity index (χ2n) is 24.2. The molecular formula is C74H59N. The van der Waals surface area contributed by atoms with Crippen molar-refractivity contribution in [3.05, 3.63) is 257 Å². The number of fused-ring (bicyclic) bond motifs is 14. The number of anilines is 3. The smallest absolute Gasteiger partial charge is 0.0465 e. The largest absolute Gasteiger partial charge is 0.310 e. The standard InChI is InChI=1S/C74H59N/c1-71(2)63-20-14-13-19-55(63)61-42-70-62(43-69(61)71)60-34-29-54(41-68(60)74(70,7)8)75(52-27-32-58-56-30-25-50(37-64(56)72(3,4)66(58)39-52)48-23-21-44-15-9-11-17-46(44)35-48)53-28-33-59-57-31-26-51(38-65(57)73(5,6)67(59)40-53)49-24-22-45-16-10-12-18-47(45)36-49/h9-43H,1-8H3. The van der Waals surface area contributed by atoms with E-state index in [0.717, 1.165) is 0 Å². The summed E-state index contributed by atoms with van der Waals surface area (Å²) in [4.78, 5) is 2.55. The molecule has 0 radical (unpaired) electrons. The van der Waals surface area contributed by atoms with Gasteiger partial charge in [0.2, 0.25) is 0 Å². The molecule has 15 rings (SSSR count). The fourth-order valence-electron chi connectivity index (χ4n) is 14.3. The topological polar surface area (TPSA) is 3.24 Å². The van der Waals surface area contributed by atoms with Crippen LogP contribution in [0, 0.1) is 0 Å². The SMILES string of the molecule is CC1(C)c2cc(-c3ccc4ccccc4c3)ccc2-c2ccc(N(c3ccc4c(c3)C(C)(C)c3cc(-c5ccc6ccccc6c5)ccc3-4)c3ccc4c(c3)C(C)(C)c3cc5c(cc3-4)C(C)(C)c3ccccc3-5)cc21. The fraction of sp³-hybridized carbons (Fsp3) is 0.162. The van der Waals surface area contributed by atoms with Crippen LogP contribution < -0.4 is 4.90 Å². The molecule has 0 aromatic heterocycles.